The van der Waals surface area contributed by atoms with E-state index in [-0.39, 0.29) is 5.03 Å². The van der Waals surface area contributed by atoms with E-state index in [1.54, 1.807) is 6.07 Å². The van der Waals surface area contributed by atoms with E-state index in [4.69, 9.17) is 0 Å². The second-order valence-electron chi connectivity index (χ2n) is 4.43. The van der Waals surface area contributed by atoms with Gasteiger partial charge in [0.05, 0.1) is 12.5 Å². The van der Waals surface area contributed by atoms with Crippen LogP contribution in [0.25, 0.3) is 0 Å². The van der Waals surface area contributed by atoms with Gasteiger partial charge in [0.25, 0.3) is 10.0 Å². The van der Waals surface area contributed by atoms with Gasteiger partial charge < -0.3 is 10.3 Å². The summed E-state index contributed by atoms with van der Waals surface area (Å²) in [5, 5.41) is 3.32. The van der Waals surface area contributed by atoms with E-state index in [1.807, 2.05) is 12.1 Å². The first kappa shape index (κ1) is 12.2. The molecule has 0 bridgehead atoms. The Balaban J connectivity index is 1.88. The molecular weight excluding hydrogens is 264 g/mol. The molecule has 6 nitrogen and oxygen atoms in total. The zero-order chi connectivity index (χ0) is 13.3. The number of rotatable bonds is 3. The molecule has 0 aliphatic carbocycles. The number of nitrogens with zero attached hydrogens (tertiary/aromatic N) is 1. The van der Waals surface area contributed by atoms with Gasteiger partial charge in [-0.1, -0.05) is 6.07 Å². The van der Waals surface area contributed by atoms with Gasteiger partial charge >= 0.3 is 0 Å². The molecule has 19 heavy (non-hydrogen) atoms. The lowest BCUT2D eigenvalue weighted by molar-refractivity contribution is 0.598. The molecule has 0 saturated carbocycles. The van der Waals surface area contributed by atoms with Crippen LogP contribution in [0, 0.1) is 0 Å². The zero-order valence-corrected chi connectivity index (χ0v) is 11.0. The lowest BCUT2D eigenvalue weighted by Crippen LogP contribution is -2.23. The Morgan fingerprint density at radius 3 is 2.95 bits per heavy atom. The number of nitrogens with one attached hydrogen (secondary N) is 3. The summed E-state index contributed by atoms with van der Waals surface area (Å²) >= 11 is 0. The highest BCUT2D eigenvalue weighted by Crippen LogP contribution is 2.21. The molecule has 2 heterocycles. The first-order chi connectivity index (χ1) is 9.15. The van der Waals surface area contributed by atoms with Crippen molar-refractivity contribution >= 4 is 15.7 Å². The highest BCUT2D eigenvalue weighted by atomic mass is 32.2. The van der Waals surface area contributed by atoms with Crippen molar-refractivity contribution in [3.05, 3.63) is 41.9 Å². The number of sulfonamides is 1. The number of hydrogen-bond acceptors (Lipinski definition) is 4. The summed E-state index contributed by atoms with van der Waals surface area (Å²) in [4.78, 5) is 6.30. The number of fused-ring (bicyclic) bond motifs is 1. The average Bonchev–Trinajstić information content (AvgIpc) is 2.93. The minimum Gasteiger partial charge on any atom is -0.334 e. The first-order valence-corrected chi connectivity index (χ1v) is 7.47. The van der Waals surface area contributed by atoms with Crippen LogP contribution in [0.5, 0.6) is 0 Å². The summed E-state index contributed by atoms with van der Waals surface area (Å²) in [5.41, 5.74) is 2.97. The van der Waals surface area contributed by atoms with E-state index < -0.39 is 10.0 Å². The van der Waals surface area contributed by atoms with Crippen LogP contribution in [0.3, 0.4) is 0 Å². The summed E-state index contributed by atoms with van der Waals surface area (Å²) in [6.45, 7) is 1.74. The van der Waals surface area contributed by atoms with Gasteiger partial charge in [0.2, 0.25) is 0 Å². The standard InChI is InChI=1S/C12H14N4O2S/c17-19(18,12-7-14-8-15-12)16-11-2-1-9-3-4-13-6-10(9)5-11/h1-2,5,7-8,13,16H,3-4,6H2,(H,14,15). The number of imidazole rings is 1. The van der Waals surface area contributed by atoms with Gasteiger partial charge in [-0.2, -0.15) is 8.42 Å². The van der Waals surface area contributed by atoms with Crippen LogP contribution in [0.2, 0.25) is 0 Å². The number of hydrogen-bond donors (Lipinski definition) is 3. The molecule has 0 saturated heterocycles. The maximum atomic E-state index is 12.0. The van der Waals surface area contributed by atoms with Gasteiger partial charge in [0.15, 0.2) is 5.03 Å². The lowest BCUT2D eigenvalue weighted by atomic mass is 10.0. The second-order valence-corrected chi connectivity index (χ2v) is 6.08. The van der Waals surface area contributed by atoms with Crippen LogP contribution in [0.15, 0.2) is 35.7 Å². The second kappa shape index (κ2) is 4.67. The number of H-pyrrole nitrogens is 1. The molecule has 0 unspecified atom stereocenters. The van der Waals surface area contributed by atoms with Gasteiger partial charge in [-0.15, -0.1) is 0 Å². The van der Waals surface area contributed by atoms with Crippen LogP contribution >= 0.6 is 0 Å². The topological polar surface area (TPSA) is 86.9 Å². The summed E-state index contributed by atoms with van der Waals surface area (Å²) in [7, 11) is -3.58. The highest BCUT2D eigenvalue weighted by molar-refractivity contribution is 7.92. The Morgan fingerprint density at radius 1 is 1.26 bits per heavy atom. The van der Waals surface area contributed by atoms with Gasteiger partial charge in [-0.25, -0.2) is 4.98 Å². The van der Waals surface area contributed by atoms with Crippen molar-refractivity contribution in [1.29, 1.82) is 0 Å². The molecular formula is C12H14N4O2S. The molecule has 0 fully saturated rings. The van der Waals surface area contributed by atoms with Crippen molar-refractivity contribution in [1.82, 2.24) is 15.3 Å². The third-order valence-corrected chi connectivity index (χ3v) is 4.41. The largest absolute Gasteiger partial charge is 0.334 e. The number of aromatic amines is 1. The zero-order valence-electron chi connectivity index (χ0n) is 10.2. The molecule has 7 heteroatoms. The van der Waals surface area contributed by atoms with Crippen LogP contribution in [0.4, 0.5) is 5.69 Å². The van der Waals surface area contributed by atoms with Crippen molar-refractivity contribution in [2.75, 3.05) is 11.3 Å². The Morgan fingerprint density at radius 2 is 2.16 bits per heavy atom. The molecule has 2 aromatic rings. The van der Waals surface area contributed by atoms with Gasteiger partial charge in [0, 0.05) is 12.2 Å². The molecule has 0 atom stereocenters. The average molecular weight is 278 g/mol. The molecule has 100 valence electrons. The molecule has 1 aromatic heterocycles. The molecule has 3 rings (SSSR count). The Bertz CT molecular complexity index is 680. The van der Waals surface area contributed by atoms with Gasteiger partial charge in [-0.05, 0) is 36.2 Å². The quantitative estimate of drug-likeness (QED) is 0.777. The maximum absolute atomic E-state index is 12.0. The van der Waals surface area contributed by atoms with Crippen molar-refractivity contribution in [3.8, 4) is 0 Å². The van der Waals surface area contributed by atoms with Crippen LogP contribution in [-0.4, -0.2) is 24.9 Å². The number of anilines is 1. The van der Waals surface area contributed by atoms with Gasteiger partial charge in [-0.3, -0.25) is 4.72 Å². The monoisotopic (exact) mass is 278 g/mol. The normalized spacial score (nSPS) is 14.9. The third kappa shape index (κ3) is 2.47. The molecule has 0 spiro atoms. The number of aromatic nitrogens is 2. The molecule has 1 aliphatic rings. The maximum Gasteiger partial charge on any atom is 0.278 e. The van der Waals surface area contributed by atoms with Crippen LogP contribution < -0.4 is 10.0 Å². The molecule has 0 radical (unpaired) electrons. The summed E-state index contributed by atoms with van der Waals surface area (Å²) in [6, 6.07) is 5.63. The van der Waals surface area contributed by atoms with E-state index in [9.17, 15) is 8.42 Å². The van der Waals surface area contributed by atoms with Crippen molar-refractivity contribution in [2.24, 2.45) is 0 Å². The SMILES string of the molecule is O=S(=O)(Nc1ccc2c(c1)CNCC2)c1cnc[nH]1. The van der Waals surface area contributed by atoms with E-state index in [1.165, 1.54) is 18.1 Å². The van der Waals surface area contributed by atoms with E-state index in [2.05, 4.69) is 20.0 Å². The highest BCUT2D eigenvalue weighted by Gasteiger charge is 2.16. The van der Waals surface area contributed by atoms with Crippen molar-refractivity contribution in [2.45, 2.75) is 18.0 Å². The fourth-order valence-electron chi connectivity index (χ4n) is 2.14. The molecule has 1 aromatic carbocycles. The minimum atomic E-state index is -3.58. The molecule has 3 N–H and O–H groups in total. The third-order valence-electron chi connectivity index (χ3n) is 3.11. The lowest BCUT2D eigenvalue weighted by Gasteiger charge is -2.18. The Labute approximate surface area is 111 Å². The Kier molecular flexibility index (Phi) is 3.00. The van der Waals surface area contributed by atoms with Crippen LogP contribution in [0.1, 0.15) is 11.1 Å². The number of benzene rings is 1. The van der Waals surface area contributed by atoms with Gasteiger partial charge in [0.1, 0.15) is 0 Å². The van der Waals surface area contributed by atoms with E-state index in [0.29, 0.717) is 5.69 Å². The summed E-state index contributed by atoms with van der Waals surface area (Å²) < 4.78 is 26.6. The summed E-state index contributed by atoms with van der Waals surface area (Å²) in [6.07, 6.45) is 3.59. The predicted molar refractivity (Wildman–Crippen MR) is 71.2 cm³/mol. The van der Waals surface area contributed by atoms with Crippen LogP contribution in [-0.2, 0) is 23.0 Å². The smallest absolute Gasteiger partial charge is 0.278 e. The van der Waals surface area contributed by atoms with Crippen molar-refractivity contribution in [3.63, 3.8) is 0 Å². The Hall–Kier alpha value is -1.86. The molecule has 1 aliphatic heterocycles. The van der Waals surface area contributed by atoms with E-state index in [0.717, 1.165) is 25.1 Å². The minimum absolute atomic E-state index is 0.0587. The molecule has 0 amide bonds. The first-order valence-electron chi connectivity index (χ1n) is 5.99. The van der Waals surface area contributed by atoms with Crippen molar-refractivity contribution < 1.29 is 8.42 Å². The fourth-order valence-corrected chi connectivity index (χ4v) is 3.10. The van der Waals surface area contributed by atoms with E-state index >= 15 is 0 Å². The fraction of sp³-hybridized carbons (Fsp3) is 0.250. The summed E-state index contributed by atoms with van der Waals surface area (Å²) in [5.74, 6) is 0. The predicted octanol–water partition coefficient (Wildman–Crippen LogP) is 0.856.